The van der Waals surface area contributed by atoms with Gasteiger partial charge in [0.15, 0.2) is 0 Å². The van der Waals surface area contributed by atoms with Gasteiger partial charge in [0.05, 0.1) is 11.3 Å². The molecule has 4 nitrogen and oxygen atoms in total. The van der Waals surface area contributed by atoms with Gasteiger partial charge in [-0.2, -0.15) is 0 Å². The largest absolute Gasteiger partial charge is 0.339 e. The maximum atomic E-state index is 13.8. The van der Waals surface area contributed by atoms with E-state index in [4.69, 9.17) is 11.6 Å². The summed E-state index contributed by atoms with van der Waals surface area (Å²) in [6.45, 7) is 1.85. The van der Waals surface area contributed by atoms with Crippen molar-refractivity contribution in [3.8, 4) is 0 Å². The Kier molecular flexibility index (Phi) is 5.16. The number of hydrogen-bond donors (Lipinski definition) is 0. The molecule has 7 heteroatoms. The van der Waals surface area contributed by atoms with Crippen molar-refractivity contribution in [3.05, 3.63) is 57.0 Å². The number of carbonyl (C=O) groups excluding carboxylic acids is 2. The normalized spacial score (nSPS) is 14.8. The van der Waals surface area contributed by atoms with E-state index in [0.717, 1.165) is 0 Å². The molecule has 0 spiro atoms. The fraction of sp³-hybridized carbons (Fsp3) is 0.294. The van der Waals surface area contributed by atoms with Crippen LogP contribution in [0.1, 0.15) is 15.2 Å². The standard InChI is InChI=1S/C17H16ClFN2O2S/c18-13-3-1-4-14(19)12(13)11-16(22)20-6-8-21(9-7-20)17(23)15-5-2-10-24-15/h1-5,10H,6-9,11H2. The van der Waals surface area contributed by atoms with Crippen LogP contribution in [-0.2, 0) is 11.2 Å². The number of thiophene rings is 1. The number of amides is 2. The minimum absolute atomic E-state index is 0.00533. The van der Waals surface area contributed by atoms with Gasteiger partial charge >= 0.3 is 0 Å². The first-order valence-corrected chi connectivity index (χ1v) is 8.85. The van der Waals surface area contributed by atoms with E-state index in [2.05, 4.69) is 0 Å². The van der Waals surface area contributed by atoms with Gasteiger partial charge in [-0.25, -0.2) is 4.39 Å². The lowest BCUT2D eigenvalue weighted by molar-refractivity contribution is -0.132. The fourth-order valence-corrected chi connectivity index (χ4v) is 3.60. The van der Waals surface area contributed by atoms with Crippen molar-refractivity contribution >= 4 is 34.8 Å². The zero-order valence-electron chi connectivity index (χ0n) is 12.9. The third-order valence-electron chi connectivity index (χ3n) is 4.04. The molecule has 1 saturated heterocycles. The van der Waals surface area contributed by atoms with Crippen LogP contribution in [-0.4, -0.2) is 47.8 Å². The van der Waals surface area contributed by atoms with Crippen molar-refractivity contribution in [1.29, 1.82) is 0 Å². The molecule has 2 amide bonds. The molecule has 0 saturated carbocycles. The summed E-state index contributed by atoms with van der Waals surface area (Å²) in [5, 5.41) is 2.13. The molecule has 1 aliphatic heterocycles. The molecule has 0 atom stereocenters. The summed E-state index contributed by atoms with van der Waals surface area (Å²) in [6.07, 6.45) is -0.0651. The van der Waals surface area contributed by atoms with Crippen molar-refractivity contribution in [3.63, 3.8) is 0 Å². The van der Waals surface area contributed by atoms with Crippen LogP contribution in [0.3, 0.4) is 0 Å². The molecule has 24 heavy (non-hydrogen) atoms. The monoisotopic (exact) mass is 366 g/mol. The lowest BCUT2D eigenvalue weighted by Crippen LogP contribution is -2.50. The molecule has 1 aromatic carbocycles. The Morgan fingerprint density at radius 3 is 2.42 bits per heavy atom. The van der Waals surface area contributed by atoms with Crippen LogP contribution in [0.15, 0.2) is 35.7 Å². The van der Waals surface area contributed by atoms with Crippen molar-refractivity contribution < 1.29 is 14.0 Å². The van der Waals surface area contributed by atoms with E-state index in [1.807, 2.05) is 11.4 Å². The molecule has 126 valence electrons. The maximum absolute atomic E-state index is 13.8. The first-order chi connectivity index (χ1) is 11.6. The van der Waals surface area contributed by atoms with Crippen molar-refractivity contribution in [2.45, 2.75) is 6.42 Å². The van der Waals surface area contributed by atoms with Crippen LogP contribution >= 0.6 is 22.9 Å². The Hall–Kier alpha value is -1.92. The molecule has 1 aliphatic rings. The van der Waals surface area contributed by atoms with Gasteiger partial charge in [-0.1, -0.05) is 23.7 Å². The summed E-state index contributed by atoms with van der Waals surface area (Å²) < 4.78 is 13.8. The maximum Gasteiger partial charge on any atom is 0.264 e. The van der Waals surface area contributed by atoms with Crippen LogP contribution in [0.2, 0.25) is 5.02 Å². The van der Waals surface area contributed by atoms with Crippen LogP contribution in [0, 0.1) is 5.82 Å². The van der Waals surface area contributed by atoms with E-state index in [1.54, 1.807) is 21.9 Å². The molecule has 0 N–H and O–H groups in total. The first kappa shape index (κ1) is 16.9. The molecule has 1 aromatic heterocycles. The van der Waals surface area contributed by atoms with Gasteiger partial charge in [0.1, 0.15) is 5.82 Å². The van der Waals surface area contributed by atoms with Gasteiger partial charge in [0.2, 0.25) is 5.91 Å². The van der Waals surface area contributed by atoms with Crippen LogP contribution in [0.4, 0.5) is 4.39 Å². The van der Waals surface area contributed by atoms with E-state index in [1.165, 1.54) is 23.5 Å². The summed E-state index contributed by atoms with van der Waals surface area (Å²) in [5.74, 6) is -0.651. The molecular weight excluding hydrogens is 351 g/mol. The highest BCUT2D eigenvalue weighted by molar-refractivity contribution is 7.12. The second-order valence-electron chi connectivity index (χ2n) is 5.53. The number of hydrogen-bond acceptors (Lipinski definition) is 3. The summed E-state index contributed by atoms with van der Waals surface area (Å²) >= 11 is 7.38. The van der Waals surface area contributed by atoms with Gasteiger partial charge < -0.3 is 9.80 Å². The molecule has 0 bridgehead atoms. The minimum atomic E-state index is -0.470. The van der Waals surface area contributed by atoms with Crippen LogP contribution in [0.5, 0.6) is 0 Å². The Labute approximate surface area is 148 Å². The van der Waals surface area contributed by atoms with Gasteiger partial charge in [-0.05, 0) is 23.6 Å². The van der Waals surface area contributed by atoms with Crippen LogP contribution in [0.25, 0.3) is 0 Å². The number of rotatable bonds is 3. The minimum Gasteiger partial charge on any atom is -0.339 e. The van der Waals surface area contributed by atoms with E-state index >= 15 is 0 Å². The van der Waals surface area contributed by atoms with Crippen LogP contribution < -0.4 is 0 Å². The molecule has 2 aromatic rings. The van der Waals surface area contributed by atoms with Gasteiger partial charge in [-0.3, -0.25) is 9.59 Å². The number of nitrogens with zero attached hydrogens (tertiary/aromatic N) is 2. The highest BCUT2D eigenvalue weighted by Crippen LogP contribution is 2.21. The Morgan fingerprint density at radius 2 is 1.79 bits per heavy atom. The number of piperazine rings is 1. The summed E-state index contributed by atoms with van der Waals surface area (Å²) in [5.41, 5.74) is 0.223. The summed E-state index contributed by atoms with van der Waals surface area (Å²) in [6, 6.07) is 8.03. The van der Waals surface area contributed by atoms with Crippen molar-refractivity contribution in [2.75, 3.05) is 26.2 Å². The topological polar surface area (TPSA) is 40.6 Å². The molecule has 2 heterocycles. The average molecular weight is 367 g/mol. The molecular formula is C17H16ClFN2O2S. The predicted octanol–water partition coefficient (Wildman–Crippen LogP) is 3.07. The van der Waals surface area contributed by atoms with E-state index in [9.17, 15) is 14.0 Å². The predicted molar refractivity (Wildman–Crippen MR) is 91.9 cm³/mol. The Bertz CT molecular complexity index is 723. The third-order valence-corrected chi connectivity index (χ3v) is 5.25. The quantitative estimate of drug-likeness (QED) is 0.837. The van der Waals surface area contributed by atoms with E-state index in [0.29, 0.717) is 31.1 Å². The molecule has 0 unspecified atom stereocenters. The summed E-state index contributed by atoms with van der Waals surface area (Å²) in [7, 11) is 0. The number of halogens is 2. The second-order valence-corrected chi connectivity index (χ2v) is 6.88. The van der Waals surface area contributed by atoms with Crippen molar-refractivity contribution in [2.24, 2.45) is 0 Å². The second kappa shape index (κ2) is 7.32. The lowest BCUT2D eigenvalue weighted by atomic mass is 10.1. The Morgan fingerprint density at radius 1 is 1.08 bits per heavy atom. The van der Waals surface area contributed by atoms with E-state index < -0.39 is 5.82 Å². The highest BCUT2D eigenvalue weighted by atomic mass is 35.5. The molecule has 1 fully saturated rings. The van der Waals surface area contributed by atoms with Gasteiger partial charge in [0, 0.05) is 36.8 Å². The molecule has 0 radical (unpaired) electrons. The first-order valence-electron chi connectivity index (χ1n) is 7.59. The zero-order valence-corrected chi connectivity index (χ0v) is 14.4. The SMILES string of the molecule is O=C(Cc1c(F)cccc1Cl)N1CCN(C(=O)c2cccs2)CC1. The fourth-order valence-electron chi connectivity index (χ4n) is 2.68. The van der Waals surface area contributed by atoms with E-state index in [-0.39, 0.29) is 28.8 Å². The number of carbonyl (C=O) groups is 2. The smallest absolute Gasteiger partial charge is 0.264 e. The van der Waals surface area contributed by atoms with Gasteiger partial charge in [-0.15, -0.1) is 11.3 Å². The zero-order chi connectivity index (χ0) is 17.1. The molecule has 0 aliphatic carbocycles. The number of benzene rings is 1. The Balaban J connectivity index is 1.58. The average Bonchev–Trinajstić information content (AvgIpc) is 3.12. The van der Waals surface area contributed by atoms with Gasteiger partial charge in [0.25, 0.3) is 5.91 Å². The molecule has 3 rings (SSSR count). The highest BCUT2D eigenvalue weighted by Gasteiger charge is 2.26. The lowest BCUT2D eigenvalue weighted by Gasteiger charge is -2.34. The van der Waals surface area contributed by atoms with Crippen molar-refractivity contribution in [1.82, 2.24) is 9.80 Å². The third kappa shape index (κ3) is 3.60. The summed E-state index contributed by atoms with van der Waals surface area (Å²) in [4.78, 5) is 28.8.